The highest BCUT2D eigenvalue weighted by atomic mass is 14.9. The van der Waals surface area contributed by atoms with Crippen LogP contribution in [0.2, 0.25) is 0 Å². The average Bonchev–Trinajstić information content (AvgIpc) is 2.01. The molecule has 2 atom stereocenters. The Morgan fingerprint density at radius 2 is 1.82 bits per heavy atom. The van der Waals surface area contributed by atoms with Crippen LogP contribution >= 0.6 is 0 Å². The van der Waals surface area contributed by atoms with Gasteiger partial charge in [0.1, 0.15) is 0 Å². The van der Waals surface area contributed by atoms with Crippen molar-refractivity contribution in [2.24, 2.45) is 5.92 Å². The molecule has 11 heavy (non-hydrogen) atoms. The van der Waals surface area contributed by atoms with Crippen molar-refractivity contribution in [3.8, 4) is 0 Å². The highest BCUT2D eigenvalue weighted by molar-refractivity contribution is 4.61. The van der Waals surface area contributed by atoms with Crippen LogP contribution in [0, 0.1) is 5.92 Å². The summed E-state index contributed by atoms with van der Waals surface area (Å²) in [7, 11) is 0. The minimum atomic E-state index is 0.689. The first kappa shape index (κ1) is 11.0. The fourth-order valence-electron chi connectivity index (χ4n) is 1.14. The van der Waals surface area contributed by atoms with E-state index in [4.69, 9.17) is 0 Å². The highest BCUT2D eigenvalue weighted by Crippen LogP contribution is 2.03. The Balaban J connectivity index is 3.22. The van der Waals surface area contributed by atoms with Gasteiger partial charge in [-0.1, -0.05) is 27.2 Å². The molecule has 0 rings (SSSR count). The molecule has 0 aliphatic carbocycles. The highest BCUT2D eigenvalue weighted by Gasteiger charge is 2.01. The molecular formula is C10H23N. The molecule has 0 aromatic carbocycles. The Kier molecular flexibility index (Phi) is 6.63. The van der Waals surface area contributed by atoms with Crippen LogP contribution in [-0.2, 0) is 0 Å². The Labute approximate surface area is 71.6 Å². The predicted octanol–water partition coefficient (Wildman–Crippen LogP) is 2.81. The molecule has 0 saturated carbocycles. The first-order valence-electron chi connectivity index (χ1n) is 4.94. The molecule has 0 aliphatic rings. The van der Waals surface area contributed by atoms with E-state index in [1.54, 1.807) is 0 Å². The minimum absolute atomic E-state index is 0.689. The molecule has 0 saturated heterocycles. The van der Waals surface area contributed by atoms with Crippen LogP contribution in [0.25, 0.3) is 0 Å². The molecule has 0 fully saturated rings. The summed E-state index contributed by atoms with van der Waals surface area (Å²) in [6.07, 6.45) is 3.89. The normalized spacial score (nSPS) is 16.4. The van der Waals surface area contributed by atoms with E-state index in [0.29, 0.717) is 6.04 Å². The van der Waals surface area contributed by atoms with Gasteiger partial charge in [-0.05, 0) is 32.2 Å². The summed E-state index contributed by atoms with van der Waals surface area (Å²) in [4.78, 5) is 0. The monoisotopic (exact) mass is 157 g/mol. The molecule has 0 radical (unpaired) electrons. The zero-order valence-corrected chi connectivity index (χ0v) is 8.48. The van der Waals surface area contributed by atoms with Gasteiger partial charge in [0.05, 0.1) is 0 Å². The van der Waals surface area contributed by atoms with Crippen LogP contribution in [0.5, 0.6) is 0 Å². The first-order chi connectivity index (χ1) is 5.20. The lowest BCUT2D eigenvalue weighted by molar-refractivity contribution is 0.432. The number of hydrogen-bond acceptors (Lipinski definition) is 1. The molecule has 0 amide bonds. The van der Waals surface area contributed by atoms with Crippen LogP contribution < -0.4 is 5.32 Å². The zero-order chi connectivity index (χ0) is 8.69. The molecule has 2 unspecified atom stereocenters. The fourth-order valence-corrected chi connectivity index (χ4v) is 1.14. The third-order valence-electron chi connectivity index (χ3n) is 2.21. The van der Waals surface area contributed by atoms with Crippen molar-refractivity contribution >= 4 is 0 Å². The summed E-state index contributed by atoms with van der Waals surface area (Å²) in [6.45, 7) is 10.2. The van der Waals surface area contributed by atoms with Gasteiger partial charge in [-0.15, -0.1) is 0 Å². The number of hydrogen-bond donors (Lipinski definition) is 1. The second kappa shape index (κ2) is 6.66. The van der Waals surface area contributed by atoms with Crippen LogP contribution in [0.3, 0.4) is 0 Å². The number of nitrogens with one attached hydrogen (secondary N) is 1. The van der Waals surface area contributed by atoms with Crippen molar-refractivity contribution < 1.29 is 0 Å². The van der Waals surface area contributed by atoms with Gasteiger partial charge < -0.3 is 5.32 Å². The van der Waals surface area contributed by atoms with Crippen molar-refractivity contribution in [1.82, 2.24) is 5.32 Å². The lowest BCUT2D eigenvalue weighted by Crippen LogP contribution is -2.29. The van der Waals surface area contributed by atoms with E-state index < -0.39 is 0 Å². The van der Waals surface area contributed by atoms with E-state index in [1.807, 2.05) is 0 Å². The second-order valence-corrected chi connectivity index (χ2v) is 3.61. The molecule has 0 aromatic rings. The third kappa shape index (κ3) is 6.36. The Bertz CT molecular complexity index is 80.9. The molecule has 1 nitrogen and oxygen atoms in total. The van der Waals surface area contributed by atoms with Gasteiger partial charge in [0.15, 0.2) is 0 Å². The molecule has 0 aliphatic heterocycles. The molecule has 0 heterocycles. The maximum absolute atomic E-state index is 3.52. The van der Waals surface area contributed by atoms with E-state index in [9.17, 15) is 0 Å². The molecule has 0 bridgehead atoms. The molecule has 0 spiro atoms. The van der Waals surface area contributed by atoms with E-state index in [2.05, 4.69) is 33.0 Å². The van der Waals surface area contributed by atoms with E-state index in [0.717, 1.165) is 5.92 Å². The fraction of sp³-hybridized carbons (Fsp3) is 1.00. The Morgan fingerprint density at radius 1 is 1.18 bits per heavy atom. The standard InChI is InChI=1S/C10H23N/c1-5-7-9(3)8-11-10(4)6-2/h9-11H,5-8H2,1-4H3. The molecule has 68 valence electrons. The predicted molar refractivity (Wildman–Crippen MR) is 51.8 cm³/mol. The molecule has 0 aromatic heterocycles. The SMILES string of the molecule is CCCC(C)CNC(C)CC. The van der Waals surface area contributed by atoms with E-state index in [1.165, 1.54) is 25.8 Å². The lowest BCUT2D eigenvalue weighted by atomic mass is 10.1. The topological polar surface area (TPSA) is 12.0 Å². The minimum Gasteiger partial charge on any atom is -0.314 e. The Morgan fingerprint density at radius 3 is 2.27 bits per heavy atom. The second-order valence-electron chi connectivity index (χ2n) is 3.61. The third-order valence-corrected chi connectivity index (χ3v) is 2.21. The quantitative estimate of drug-likeness (QED) is 0.625. The number of rotatable bonds is 6. The van der Waals surface area contributed by atoms with Gasteiger partial charge in [-0.25, -0.2) is 0 Å². The van der Waals surface area contributed by atoms with Crippen LogP contribution in [0.4, 0.5) is 0 Å². The maximum Gasteiger partial charge on any atom is 0.00362 e. The average molecular weight is 157 g/mol. The summed E-state index contributed by atoms with van der Waals surface area (Å²) in [5, 5.41) is 3.52. The van der Waals surface area contributed by atoms with Crippen molar-refractivity contribution in [3.63, 3.8) is 0 Å². The van der Waals surface area contributed by atoms with Gasteiger partial charge in [0, 0.05) is 6.04 Å². The smallest absolute Gasteiger partial charge is 0.00362 e. The largest absolute Gasteiger partial charge is 0.314 e. The summed E-state index contributed by atoms with van der Waals surface area (Å²) >= 11 is 0. The summed E-state index contributed by atoms with van der Waals surface area (Å²) in [6, 6.07) is 0.689. The van der Waals surface area contributed by atoms with Gasteiger partial charge in [0.25, 0.3) is 0 Å². The van der Waals surface area contributed by atoms with Crippen molar-refractivity contribution in [2.45, 2.75) is 53.0 Å². The van der Waals surface area contributed by atoms with Gasteiger partial charge in [-0.3, -0.25) is 0 Å². The first-order valence-corrected chi connectivity index (χ1v) is 4.94. The lowest BCUT2D eigenvalue weighted by Gasteiger charge is -2.15. The maximum atomic E-state index is 3.52. The van der Waals surface area contributed by atoms with Crippen LogP contribution in [0.1, 0.15) is 47.0 Å². The van der Waals surface area contributed by atoms with Gasteiger partial charge in [-0.2, -0.15) is 0 Å². The van der Waals surface area contributed by atoms with Crippen molar-refractivity contribution in [2.75, 3.05) is 6.54 Å². The summed E-state index contributed by atoms with van der Waals surface area (Å²) in [5.41, 5.74) is 0. The van der Waals surface area contributed by atoms with E-state index in [-0.39, 0.29) is 0 Å². The molecule has 1 N–H and O–H groups in total. The van der Waals surface area contributed by atoms with Crippen LogP contribution in [0.15, 0.2) is 0 Å². The summed E-state index contributed by atoms with van der Waals surface area (Å²) < 4.78 is 0. The van der Waals surface area contributed by atoms with Gasteiger partial charge in [0.2, 0.25) is 0 Å². The Hall–Kier alpha value is -0.0400. The molecule has 1 heteroatoms. The van der Waals surface area contributed by atoms with Crippen molar-refractivity contribution in [1.29, 1.82) is 0 Å². The zero-order valence-electron chi connectivity index (χ0n) is 8.48. The van der Waals surface area contributed by atoms with Gasteiger partial charge >= 0.3 is 0 Å². The van der Waals surface area contributed by atoms with E-state index >= 15 is 0 Å². The van der Waals surface area contributed by atoms with Crippen LogP contribution in [-0.4, -0.2) is 12.6 Å². The molecular weight excluding hydrogens is 134 g/mol. The summed E-state index contributed by atoms with van der Waals surface area (Å²) in [5.74, 6) is 0.842. The van der Waals surface area contributed by atoms with Crippen molar-refractivity contribution in [3.05, 3.63) is 0 Å².